The quantitative estimate of drug-likeness (QED) is 0.308. The average Bonchev–Trinajstić information content (AvgIpc) is 2.63. The van der Waals surface area contributed by atoms with Crippen LogP contribution in [0.25, 0.3) is 0 Å². The van der Waals surface area contributed by atoms with Crippen LogP contribution in [0.4, 0.5) is 13.2 Å². The molecule has 1 aliphatic heterocycles. The first-order valence-corrected chi connectivity index (χ1v) is 11.6. The molecule has 1 aromatic carbocycles. The van der Waals surface area contributed by atoms with Crippen LogP contribution in [0.15, 0.2) is 17.1 Å². The Morgan fingerprint density at radius 3 is 2.19 bits per heavy atom. The minimum absolute atomic E-state index is 0. The predicted molar refractivity (Wildman–Crippen MR) is 128 cm³/mol. The number of nitrogens with one attached hydrogen (secondary N) is 2. The van der Waals surface area contributed by atoms with Crippen molar-refractivity contribution in [3.8, 4) is 0 Å². The van der Waals surface area contributed by atoms with Crippen molar-refractivity contribution in [1.29, 1.82) is 0 Å². The lowest BCUT2D eigenvalue weighted by atomic mass is 9.97. The van der Waals surface area contributed by atoms with E-state index in [1.165, 1.54) is 22.3 Å². The first kappa shape index (κ1) is 28.0. The fourth-order valence-corrected chi connectivity index (χ4v) is 4.77. The van der Waals surface area contributed by atoms with Crippen molar-refractivity contribution < 1.29 is 21.6 Å². The van der Waals surface area contributed by atoms with Crippen LogP contribution in [0.2, 0.25) is 0 Å². The van der Waals surface area contributed by atoms with Crippen molar-refractivity contribution in [3.05, 3.63) is 34.4 Å². The fourth-order valence-electron chi connectivity index (χ4n) is 3.78. The van der Waals surface area contributed by atoms with Crippen molar-refractivity contribution in [1.82, 2.24) is 14.9 Å². The number of rotatable bonds is 6. The maximum Gasteiger partial charge on any atom is 0.511 e. The Bertz CT molecular complexity index is 845. The van der Waals surface area contributed by atoms with Crippen molar-refractivity contribution in [2.45, 2.75) is 58.5 Å². The molecule has 6 nitrogen and oxygen atoms in total. The predicted octanol–water partition coefficient (Wildman–Crippen LogP) is 3.64. The van der Waals surface area contributed by atoms with Crippen LogP contribution in [0.1, 0.15) is 42.0 Å². The third-order valence-electron chi connectivity index (χ3n) is 5.24. The summed E-state index contributed by atoms with van der Waals surface area (Å²) in [5.41, 5.74) is -0.287. The molecule has 0 bridgehead atoms. The second kappa shape index (κ2) is 11.7. The minimum atomic E-state index is -5.26. The second-order valence-corrected chi connectivity index (χ2v) is 9.59. The van der Waals surface area contributed by atoms with Gasteiger partial charge in [0.05, 0.1) is 0 Å². The standard InChI is InChI=1S/C20H31F3N4O2S.HI/c1-5-24-19(25-9-6-18-15(3)12-14(2)13-16(18)4)26-17-7-10-27(11-8-17)30(28,29)20(21,22)23;/h12-13,17H,5-11H2,1-4H3,(H2,24,25,26);1H. The van der Waals surface area contributed by atoms with Crippen LogP contribution in [0, 0.1) is 20.8 Å². The summed E-state index contributed by atoms with van der Waals surface area (Å²) in [6.45, 7) is 9.07. The molecule has 1 heterocycles. The maximum absolute atomic E-state index is 12.7. The van der Waals surface area contributed by atoms with Gasteiger partial charge in [0, 0.05) is 32.2 Å². The van der Waals surface area contributed by atoms with Crippen LogP contribution in [0.5, 0.6) is 0 Å². The molecule has 11 heteroatoms. The summed E-state index contributed by atoms with van der Waals surface area (Å²) in [5, 5.41) is 6.38. The zero-order valence-corrected chi connectivity index (χ0v) is 21.5. The van der Waals surface area contributed by atoms with Gasteiger partial charge >= 0.3 is 15.5 Å². The van der Waals surface area contributed by atoms with E-state index < -0.39 is 15.5 Å². The lowest BCUT2D eigenvalue weighted by Crippen LogP contribution is -2.51. The summed E-state index contributed by atoms with van der Waals surface area (Å²) in [7, 11) is -5.26. The topological polar surface area (TPSA) is 73.8 Å². The summed E-state index contributed by atoms with van der Waals surface area (Å²) >= 11 is 0. The van der Waals surface area contributed by atoms with E-state index in [9.17, 15) is 21.6 Å². The van der Waals surface area contributed by atoms with Gasteiger partial charge in [-0.25, -0.2) is 8.42 Å². The highest BCUT2D eigenvalue weighted by molar-refractivity contribution is 14.0. The monoisotopic (exact) mass is 576 g/mol. The van der Waals surface area contributed by atoms with E-state index in [0.29, 0.717) is 23.4 Å². The largest absolute Gasteiger partial charge is 0.511 e. The maximum atomic E-state index is 12.7. The van der Waals surface area contributed by atoms with E-state index in [4.69, 9.17) is 0 Å². The number of aryl methyl sites for hydroxylation is 3. The van der Waals surface area contributed by atoms with Gasteiger partial charge in [-0.2, -0.15) is 17.5 Å². The molecular formula is C20H32F3IN4O2S. The zero-order chi connectivity index (χ0) is 22.5. The molecule has 0 saturated carbocycles. The van der Waals surface area contributed by atoms with Gasteiger partial charge in [-0.1, -0.05) is 17.7 Å². The number of hydrogen-bond acceptors (Lipinski definition) is 3. The number of hydrogen-bond donors (Lipinski definition) is 2. The number of benzene rings is 1. The van der Waals surface area contributed by atoms with Gasteiger partial charge in [-0.3, -0.25) is 4.99 Å². The fraction of sp³-hybridized carbons (Fsp3) is 0.650. The molecule has 0 aromatic heterocycles. The van der Waals surface area contributed by atoms with E-state index in [2.05, 4.69) is 48.5 Å². The Morgan fingerprint density at radius 1 is 1.16 bits per heavy atom. The van der Waals surface area contributed by atoms with Crippen LogP contribution < -0.4 is 10.6 Å². The Morgan fingerprint density at radius 2 is 1.71 bits per heavy atom. The molecule has 178 valence electrons. The molecule has 1 fully saturated rings. The average molecular weight is 576 g/mol. The molecule has 0 aliphatic carbocycles. The van der Waals surface area contributed by atoms with Gasteiger partial charge in [0.15, 0.2) is 5.96 Å². The first-order chi connectivity index (χ1) is 14.0. The lowest BCUT2D eigenvalue weighted by Gasteiger charge is -2.32. The van der Waals surface area contributed by atoms with Crippen molar-refractivity contribution in [2.75, 3.05) is 26.2 Å². The van der Waals surface area contributed by atoms with Gasteiger partial charge in [-0.05, 0) is 63.6 Å². The van der Waals surface area contributed by atoms with Gasteiger partial charge in [0.25, 0.3) is 0 Å². The molecular weight excluding hydrogens is 544 g/mol. The van der Waals surface area contributed by atoms with E-state index in [0.717, 1.165) is 6.42 Å². The van der Waals surface area contributed by atoms with Gasteiger partial charge in [-0.15, -0.1) is 24.0 Å². The van der Waals surface area contributed by atoms with Crippen LogP contribution in [-0.4, -0.2) is 56.4 Å². The van der Waals surface area contributed by atoms with Crippen LogP contribution in [-0.2, 0) is 16.4 Å². The number of sulfonamides is 1. The molecule has 0 unspecified atom stereocenters. The first-order valence-electron chi connectivity index (χ1n) is 10.1. The lowest BCUT2D eigenvalue weighted by molar-refractivity contribution is -0.0494. The number of alkyl halides is 3. The Hall–Kier alpha value is -1.08. The Balaban J connectivity index is 0.00000480. The summed E-state index contributed by atoms with van der Waals surface area (Å²) in [6, 6.07) is 4.17. The molecule has 1 saturated heterocycles. The summed E-state index contributed by atoms with van der Waals surface area (Å²) in [6.07, 6.45) is 1.36. The molecule has 1 aromatic rings. The van der Waals surface area contributed by atoms with Crippen LogP contribution >= 0.6 is 24.0 Å². The number of nitrogens with zero attached hydrogens (tertiary/aromatic N) is 2. The van der Waals surface area contributed by atoms with E-state index in [-0.39, 0.29) is 55.9 Å². The van der Waals surface area contributed by atoms with Crippen molar-refractivity contribution in [3.63, 3.8) is 0 Å². The molecule has 31 heavy (non-hydrogen) atoms. The highest BCUT2D eigenvalue weighted by Crippen LogP contribution is 2.29. The number of guanidine groups is 1. The summed E-state index contributed by atoms with van der Waals surface area (Å²) in [4.78, 5) is 4.60. The normalized spacial score (nSPS) is 16.7. The minimum Gasteiger partial charge on any atom is -0.357 e. The van der Waals surface area contributed by atoms with Crippen LogP contribution in [0.3, 0.4) is 0 Å². The molecule has 0 amide bonds. The third kappa shape index (κ3) is 7.48. The van der Waals surface area contributed by atoms with Gasteiger partial charge in [0.2, 0.25) is 0 Å². The highest BCUT2D eigenvalue weighted by Gasteiger charge is 2.50. The van der Waals surface area contributed by atoms with E-state index in [1.54, 1.807) is 0 Å². The number of piperidine rings is 1. The van der Waals surface area contributed by atoms with Gasteiger partial charge < -0.3 is 10.6 Å². The SMILES string of the molecule is CCNC(=NCCc1c(C)cc(C)cc1C)NC1CCN(S(=O)(=O)C(F)(F)F)CC1.I. The van der Waals surface area contributed by atoms with Crippen molar-refractivity contribution in [2.24, 2.45) is 4.99 Å². The third-order valence-corrected chi connectivity index (χ3v) is 6.87. The number of aliphatic imine (C=N–C) groups is 1. The molecule has 0 radical (unpaired) electrons. The van der Waals surface area contributed by atoms with E-state index >= 15 is 0 Å². The molecule has 2 N–H and O–H groups in total. The summed E-state index contributed by atoms with van der Waals surface area (Å²) in [5.74, 6) is 0.594. The Kier molecular flexibility index (Phi) is 10.5. The van der Waals surface area contributed by atoms with Gasteiger partial charge in [0.1, 0.15) is 0 Å². The molecule has 0 atom stereocenters. The molecule has 0 spiro atoms. The Labute approximate surface area is 200 Å². The smallest absolute Gasteiger partial charge is 0.357 e. The molecule has 1 aliphatic rings. The second-order valence-electron chi connectivity index (χ2n) is 7.66. The zero-order valence-electron chi connectivity index (χ0n) is 18.3. The summed E-state index contributed by atoms with van der Waals surface area (Å²) < 4.78 is 61.7. The number of halogens is 4. The van der Waals surface area contributed by atoms with Crippen molar-refractivity contribution >= 4 is 40.0 Å². The highest BCUT2D eigenvalue weighted by atomic mass is 127. The molecule has 2 rings (SSSR count). The van der Waals surface area contributed by atoms with E-state index in [1.807, 2.05) is 6.92 Å².